The van der Waals surface area contributed by atoms with Crippen LogP contribution in [0.4, 0.5) is 0 Å². The fourth-order valence-electron chi connectivity index (χ4n) is 1.00. The van der Waals surface area contributed by atoms with Crippen molar-refractivity contribution in [2.24, 2.45) is 0 Å². The highest BCUT2D eigenvalue weighted by atomic mass is 79.9. The first-order chi connectivity index (χ1) is 6.75. The summed E-state index contributed by atoms with van der Waals surface area (Å²) < 4.78 is 2.34. The van der Waals surface area contributed by atoms with Crippen LogP contribution >= 0.6 is 39.0 Å². The highest BCUT2D eigenvalue weighted by Crippen LogP contribution is 2.30. The molecule has 0 unspecified atom stereocenters. The summed E-state index contributed by atoms with van der Waals surface area (Å²) >= 11 is 6.88. The zero-order valence-corrected chi connectivity index (χ0v) is 10.7. The second-order valence-electron chi connectivity index (χ2n) is 2.75. The van der Waals surface area contributed by atoms with Gasteiger partial charge in [0.25, 0.3) is 0 Å². The summed E-state index contributed by atoms with van der Waals surface area (Å²) in [5.41, 5.74) is 1.03. The third-order valence-corrected chi connectivity index (χ3v) is 4.51. The molecule has 0 aromatic carbocycles. The first-order valence-corrected chi connectivity index (χ1v) is 6.59. The van der Waals surface area contributed by atoms with Crippen molar-refractivity contribution in [2.45, 2.75) is 16.2 Å². The first kappa shape index (κ1) is 10.2. The van der Waals surface area contributed by atoms with E-state index in [-0.39, 0.29) is 0 Å². The standard InChI is InChI=1S/C10H8BrNS2/c1-7-8(11)4-5-9(12-7)14-10-3-2-6-13-10/h2-6H,1H3. The zero-order valence-electron chi connectivity index (χ0n) is 7.53. The van der Waals surface area contributed by atoms with Gasteiger partial charge in [-0.25, -0.2) is 4.98 Å². The number of aromatic nitrogens is 1. The van der Waals surface area contributed by atoms with Crippen molar-refractivity contribution in [2.75, 3.05) is 0 Å². The smallest absolute Gasteiger partial charge is 0.102 e. The monoisotopic (exact) mass is 285 g/mol. The van der Waals surface area contributed by atoms with E-state index in [1.54, 1.807) is 23.1 Å². The Morgan fingerprint density at radius 1 is 1.36 bits per heavy atom. The number of nitrogens with zero attached hydrogens (tertiary/aromatic N) is 1. The summed E-state index contributed by atoms with van der Waals surface area (Å²) in [5.74, 6) is 0. The molecular weight excluding hydrogens is 278 g/mol. The Morgan fingerprint density at radius 3 is 2.86 bits per heavy atom. The predicted octanol–water partition coefficient (Wildman–Crippen LogP) is 4.37. The van der Waals surface area contributed by atoms with Gasteiger partial charge in [0.05, 0.1) is 9.90 Å². The first-order valence-electron chi connectivity index (χ1n) is 4.10. The van der Waals surface area contributed by atoms with E-state index in [2.05, 4.69) is 38.4 Å². The average Bonchev–Trinajstić information content (AvgIpc) is 2.64. The molecule has 0 atom stereocenters. The lowest BCUT2D eigenvalue weighted by molar-refractivity contribution is 1.05. The molecule has 2 aromatic rings. The van der Waals surface area contributed by atoms with Gasteiger partial charge in [-0.05, 0) is 46.4 Å². The minimum Gasteiger partial charge on any atom is -0.245 e. The lowest BCUT2D eigenvalue weighted by atomic mass is 10.4. The normalized spacial score (nSPS) is 10.4. The molecule has 0 bridgehead atoms. The van der Waals surface area contributed by atoms with Gasteiger partial charge in [0.1, 0.15) is 5.03 Å². The molecule has 0 aliphatic rings. The molecule has 2 heterocycles. The lowest BCUT2D eigenvalue weighted by Crippen LogP contribution is -1.84. The van der Waals surface area contributed by atoms with Gasteiger partial charge < -0.3 is 0 Å². The molecule has 14 heavy (non-hydrogen) atoms. The van der Waals surface area contributed by atoms with Crippen LogP contribution in [0.5, 0.6) is 0 Å². The fraction of sp³-hybridized carbons (Fsp3) is 0.100. The Bertz CT molecular complexity index is 426. The zero-order chi connectivity index (χ0) is 9.97. The fourth-order valence-corrected chi connectivity index (χ4v) is 2.96. The highest BCUT2D eigenvalue weighted by Gasteiger charge is 2.01. The second kappa shape index (κ2) is 4.47. The quantitative estimate of drug-likeness (QED) is 0.813. The van der Waals surface area contributed by atoms with Crippen molar-refractivity contribution in [3.63, 3.8) is 0 Å². The number of hydrogen-bond acceptors (Lipinski definition) is 3. The van der Waals surface area contributed by atoms with Gasteiger partial charge in [-0.15, -0.1) is 11.3 Å². The molecule has 0 spiro atoms. The summed E-state index contributed by atoms with van der Waals surface area (Å²) in [7, 11) is 0. The van der Waals surface area contributed by atoms with E-state index in [0.717, 1.165) is 15.2 Å². The van der Waals surface area contributed by atoms with Crippen molar-refractivity contribution < 1.29 is 0 Å². The Kier molecular flexibility index (Phi) is 3.26. The third kappa shape index (κ3) is 2.38. The van der Waals surface area contributed by atoms with E-state index >= 15 is 0 Å². The van der Waals surface area contributed by atoms with E-state index in [0.29, 0.717) is 0 Å². The topological polar surface area (TPSA) is 12.9 Å². The molecule has 0 saturated carbocycles. The Labute approximate surface area is 99.7 Å². The molecule has 2 aromatic heterocycles. The van der Waals surface area contributed by atoms with Gasteiger partial charge in [0.15, 0.2) is 0 Å². The minimum absolute atomic E-state index is 1.03. The minimum atomic E-state index is 1.03. The molecule has 0 aliphatic carbocycles. The van der Waals surface area contributed by atoms with Crippen LogP contribution in [-0.4, -0.2) is 4.98 Å². The van der Waals surface area contributed by atoms with Crippen LogP contribution in [0.25, 0.3) is 0 Å². The van der Waals surface area contributed by atoms with E-state index in [1.165, 1.54) is 4.21 Å². The van der Waals surface area contributed by atoms with Crippen LogP contribution < -0.4 is 0 Å². The summed E-state index contributed by atoms with van der Waals surface area (Å²) in [6, 6.07) is 8.23. The Morgan fingerprint density at radius 2 is 2.21 bits per heavy atom. The number of hydrogen-bond donors (Lipinski definition) is 0. The highest BCUT2D eigenvalue weighted by molar-refractivity contribution is 9.10. The maximum Gasteiger partial charge on any atom is 0.102 e. The second-order valence-corrected chi connectivity index (χ2v) is 5.87. The summed E-state index contributed by atoms with van der Waals surface area (Å²) in [6.07, 6.45) is 0. The number of pyridine rings is 1. The van der Waals surface area contributed by atoms with Crippen molar-refractivity contribution in [1.29, 1.82) is 0 Å². The van der Waals surface area contributed by atoms with Crippen LogP contribution in [0.2, 0.25) is 0 Å². The van der Waals surface area contributed by atoms with Gasteiger partial charge in [-0.1, -0.05) is 17.8 Å². The maximum absolute atomic E-state index is 4.47. The van der Waals surface area contributed by atoms with Gasteiger partial charge in [-0.2, -0.15) is 0 Å². The Hall–Kier alpha value is -0.320. The largest absolute Gasteiger partial charge is 0.245 e. The molecule has 0 saturated heterocycles. The maximum atomic E-state index is 4.47. The van der Waals surface area contributed by atoms with Crippen molar-refractivity contribution in [3.05, 3.63) is 39.8 Å². The van der Waals surface area contributed by atoms with Crippen molar-refractivity contribution in [1.82, 2.24) is 4.98 Å². The average molecular weight is 286 g/mol. The van der Waals surface area contributed by atoms with E-state index in [4.69, 9.17) is 0 Å². The lowest BCUT2D eigenvalue weighted by Gasteiger charge is -2.00. The molecular formula is C10H8BrNS2. The van der Waals surface area contributed by atoms with Crippen LogP contribution in [0.15, 0.2) is 43.4 Å². The van der Waals surface area contributed by atoms with Gasteiger partial charge in [-0.3, -0.25) is 0 Å². The van der Waals surface area contributed by atoms with Gasteiger partial charge in [0.2, 0.25) is 0 Å². The molecule has 72 valence electrons. The predicted molar refractivity (Wildman–Crippen MR) is 65.1 cm³/mol. The molecule has 1 nitrogen and oxygen atoms in total. The van der Waals surface area contributed by atoms with Crippen LogP contribution in [0.3, 0.4) is 0 Å². The molecule has 0 fully saturated rings. The van der Waals surface area contributed by atoms with Crippen molar-refractivity contribution in [3.8, 4) is 0 Å². The summed E-state index contributed by atoms with van der Waals surface area (Å²) in [4.78, 5) is 4.47. The molecule has 0 N–H and O–H groups in total. The van der Waals surface area contributed by atoms with Gasteiger partial charge in [0, 0.05) is 4.47 Å². The number of halogens is 1. The summed E-state index contributed by atoms with van der Waals surface area (Å²) in [6.45, 7) is 2.00. The van der Waals surface area contributed by atoms with Crippen molar-refractivity contribution >= 4 is 39.0 Å². The van der Waals surface area contributed by atoms with E-state index in [9.17, 15) is 0 Å². The third-order valence-electron chi connectivity index (χ3n) is 1.70. The molecule has 0 amide bonds. The Balaban J connectivity index is 2.22. The molecule has 4 heteroatoms. The van der Waals surface area contributed by atoms with Crippen LogP contribution in [0, 0.1) is 6.92 Å². The van der Waals surface area contributed by atoms with Crippen LogP contribution in [0.1, 0.15) is 5.69 Å². The van der Waals surface area contributed by atoms with E-state index in [1.807, 2.05) is 19.1 Å². The molecule has 0 aliphatic heterocycles. The SMILES string of the molecule is Cc1nc(Sc2cccs2)ccc1Br. The van der Waals surface area contributed by atoms with Gasteiger partial charge >= 0.3 is 0 Å². The molecule has 0 radical (unpaired) electrons. The molecule has 2 rings (SSSR count). The number of thiophene rings is 1. The summed E-state index contributed by atoms with van der Waals surface area (Å²) in [5, 5.41) is 3.13. The number of rotatable bonds is 2. The van der Waals surface area contributed by atoms with Crippen LogP contribution in [-0.2, 0) is 0 Å². The van der Waals surface area contributed by atoms with E-state index < -0.39 is 0 Å². The number of aryl methyl sites for hydroxylation is 1.